The molecule has 0 unspecified atom stereocenters. The van der Waals surface area contributed by atoms with Crippen LogP contribution in [0.2, 0.25) is 5.02 Å². The van der Waals surface area contributed by atoms with E-state index in [2.05, 4.69) is 27.3 Å². The van der Waals surface area contributed by atoms with E-state index in [4.69, 9.17) is 11.6 Å². The van der Waals surface area contributed by atoms with Crippen molar-refractivity contribution in [1.29, 1.82) is 0 Å². The molecule has 1 aromatic heterocycles. The number of halogens is 1. The standard InChI is InChI=1S/C18H22ClN5O2S2/c1-2-6-23-7-9-24(10-8-23)15(25)12-27-18-22-21-17(28-18)16(26)20-14-5-3-4-13(19)11-14/h3-5,11H,2,6-10,12H2,1H3,(H,20,26). The van der Waals surface area contributed by atoms with Gasteiger partial charge in [0.15, 0.2) is 4.34 Å². The first-order valence-corrected chi connectivity index (χ1v) is 11.3. The number of thioether (sulfide) groups is 1. The van der Waals surface area contributed by atoms with Crippen molar-refractivity contribution in [1.82, 2.24) is 20.0 Å². The molecule has 1 aliphatic heterocycles. The number of aromatic nitrogens is 2. The molecule has 1 fully saturated rings. The smallest absolute Gasteiger partial charge is 0.286 e. The fourth-order valence-corrected chi connectivity index (χ4v) is 4.70. The number of nitrogens with one attached hydrogen (secondary N) is 1. The molecule has 1 aromatic carbocycles. The maximum atomic E-state index is 12.4. The van der Waals surface area contributed by atoms with Crippen LogP contribution in [0.3, 0.4) is 0 Å². The quantitative estimate of drug-likeness (QED) is 0.668. The maximum Gasteiger partial charge on any atom is 0.286 e. The summed E-state index contributed by atoms with van der Waals surface area (Å²) in [6.07, 6.45) is 1.13. The van der Waals surface area contributed by atoms with E-state index in [0.29, 0.717) is 20.8 Å². The van der Waals surface area contributed by atoms with Crippen LogP contribution >= 0.6 is 34.7 Å². The summed E-state index contributed by atoms with van der Waals surface area (Å²) in [5.41, 5.74) is 0.597. The van der Waals surface area contributed by atoms with Gasteiger partial charge in [-0.3, -0.25) is 14.5 Å². The third-order valence-electron chi connectivity index (χ3n) is 4.27. The van der Waals surface area contributed by atoms with E-state index in [0.717, 1.165) is 39.1 Å². The number of amides is 2. The molecule has 28 heavy (non-hydrogen) atoms. The number of piperazine rings is 1. The lowest BCUT2D eigenvalue weighted by atomic mass is 10.3. The Kier molecular flexibility index (Phi) is 7.66. The third kappa shape index (κ3) is 5.91. The zero-order valence-corrected chi connectivity index (χ0v) is 17.9. The SMILES string of the molecule is CCCN1CCN(C(=O)CSc2nnc(C(=O)Nc3cccc(Cl)c3)s2)CC1. The van der Waals surface area contributed by atoms with Gasteiger partial charge >= 0.3 is 0 Å². The summed E-state index contributed by atoms with van der Waals surface area (Å²) in [5.74, 6) is 0.0597. The van der Waals surface area contributed by atoms with Crippen LogP contribution in [0.4, 0.5) is 5.69 Å². The van der Waals surface area contributed by atoms with Gasteiger partial charge in [0.1, 0.15) is 0 Å². The van der Waals surface area contributed by atoms with E-state index in [1.807, 2.05) is 4.90 Å². The molecule has 1 saturated heterocycles. The van der Waals surface area contributed by atoms with Crippen LogP contribution < -0.4 is 5.32 Å². The summed E-state index contributed by atoms with van der Waals surface area (Å²) < 4.78 is 0.606. The Labute approximate surface area is 177 Å². The van der Waals surface area contributed by atoms with Crippen molar-refractivity contribution < 1.29 is 9.59 Å². The number of nitrogens with zero attached hydrogens (tertiary/aromatic N) is 4. The molecule has 0 aliphatic carbocycles. The van der Waals surface area contributed by atoms with E-state index >= 15 is 0 Å². The molecular weight excluding hydrogens is 418 g/mol. The van der Waals surface area contributed by atoms with Crippen molar-refractivity contribution in [2.45, 2.75) is 17.7 Å². The van der Waals surface area contributed by atoms with Crippen LogP contribution in [0.15, 0.2) is 28.6 Å². The van der Waals surface area contributed by atoms with E-state index < -0.39 is 0 Å². The molecule has 10 heteroatoms. The number of carbonyl (C=O) groups excluding carboxylic acids is 2. The topological polar surface area (TPSA) is 78.4 Å². The average Bonchev–Trinajstić information content (AvgIpc) is 3.16. The van der Waals surface area contributed by atoms with Crippen molar-refractivity contribution in [2.24, 2.45) is 0 Å². The number of hydrogen-bond donors (Lipinski definition) is 1. The van der Waals surface area contributed by atoms with Crippen LogP contribution in [-0.4, -0.2) is 70.3 Å². The van der Waals surface area contributed by atoms with E-state index in [1.165, 1.54) is 23.1 Å². The molecule has 7 nitrogen and oxygen atoms in total. The summed E-state index contributed by atoms with van der Waals surface area (Å²) in [7, 11) is 0. The largest absolute Gasteiger partial charge is 0.339 e. The Balaban J connectivity index is 1.47. The van der Waals surface area contributed by atoms with Gasteiger partial charge in [0.05, 0.1) is 5.75 Å². The monoisotopic (exact) mass is 439 g/mol. The Hall–Kier alpha value is -1.68. The lowest BCUT2D eigenvalue weighted by molar-refractivity contribution is -0.130. The summed E-state index contributed by atoms with van der Waals surface area (Å²) >= 11 is 8.41. The van der Waals surface area contributed by atoms with Crippen molar-refractivity contribution in [3.63, 3.8) is 0 Å². The number of rotatable bonds is 7. The molecule has 0 atom stereocenters. The Bertz CT molecular complexity index is 824. The molecule has 2 heterocycles. The highest BCUT2D eigenvalue weighted by Crippen LogP contribution is 2.24. The van der Waals surface area contributed by atoms with Crippen molar-refractivity contribution in [3.8, 4) is 0 Å². The minimum atomic E-state index is -0.343. The summed E-state index contributed by atoms with van der Waals surface area (Å²) in [6, 6.07) is 6.90. The summed E-state index contributed by atoms with van der Waals surface area (Å²) in [5, 5.41) is 11.5. The second-order valence-corrected chi connectivity index (χ2v) is 8.99. The first kappa shape index (κ1) is 21.0. The molecule has 2 aromatic rings. The van der Waals surface area contributed by atoms with Gasteiger partial charge in [0.2, 0.25) is 10.9 Å². The molecule has 1 N–H and O–H groups in total. The van der Waals surface area contributed by atoms with Gasteiger partial charge in [0.25, 0.3) is 5.91 Å². The van der Waals surface area contributed by atoms with E-state index in [-0.39, 0.29) is 16.8 Å². The van der Waals surface area contributed by atoms with Crippen LogP contribution in [0.5, 0.6) is 0 Å². The van der Waals surface area contributed by atoms with Gasteiger partial charge in [-0.15, -0.1) is 10.2 Å². The van der Waals surface area contributed by atoms with Gasteiger partial charge in [-0.05, 0) is 31.2 Å². The van der Waals surface area contributed by atoms with Gasteiger partial charge in [-0.25, -0.2) is 0 Å². The van der Waals surface area contributed by atoms with E-state index in [9.17, 15) is 9.59 Å². The number of benzene rings is 1. The Morgan fingerprint density at radius 3 is 2.75 bits per heavy atom. The molecule has 0 spiro atoms. The van der Waals surface area contributed by atoms with Crippen LogP contribution in [-0.2, 0) is 4.79 Å². The molecule has 3 rings (SSSR count). The van der Waals surface area contributed by atoms with Crippen LogP contribution in [0.1, 0.15) is 23.1 Å². The number of anilines is 1. The average molecular weight is 440 g/mol. The van der Waals surface area contributed by atoms with Crippen LogP contribution in [0, 0.1) is 0 Å². The summed E-state index contributed by atoms with van der Waals surface area (Å²) in [4.78, 5) is 29.0. The fraction of sp³-hybridized carbons (Fsp3) is 0.444. The minimum Gasteiger partial charge on any atom is -0.339 e. The number of hydrogen-bond acceptors (Lipinski definition) is 7. The van der Waals surface area contributed by atoms with Gasteiger partial charge in [-0.2, -0.15) is 0 Å². The molecule has 0 radical (unpaired) electrons. The first-order chi connectivity index (χ1) is 13.5. The Morgan fingerprint density at radius 1 is 1.25 bits per heavy atom. The van der Waals surface area contributed by atoms with Crippen molar-refractivity contribution in [2.75, 3.05) is 43.8 Å². The second kappa shape index (κ2) is 10.2. The van der Waals surface area contributed by atoms with Crippen LogP contribution in [0.25, 0.3) is 0 Å². The first-order valence-electron chi connectivity index (χ1n) is 9.08. The predicted octanol–water partition coefficient (Wildman–Crippen LogP) is 3.09. The Morgan fingerprint density at radius 2 is 2.04 bits per heavy atom. The molecule has 1 aliphatic rings. The lowest BCUT2D eigenvalue weighted by Gasteiger charge is -2.34. The molecule has 0 saturated carbocycles. The maximum absolute atomic E-state index is 12.4. The van der Waals surface area contributed by atoms with Crippen molar-refractivity contribution in [3.05, 3.63) is 34.3 Å². The zero-order chi connectivity index (χ0) is 19.9. The highest BCUT2D eigenvalue weighted by Gasteiger charge is 2.21. The number of carbonyl (C=O) groups is 2. The molecule has 150 valence electrons. The van der Waals surface area contributed by atoms with Gasteiger partial charge < -0.3 is 10.2 Å². The molecule has 2 amide bonds. The summed E-state index contributed by atoms with van der Waals surface area (Å²) in [6.45, 7) is 6.64. The van der Waals surface area contributed by atoms with Gasteiger partial charge in [-0.1, -0.05) is 47.7 Å². The minimum absolute atomic E-state index is 0.0984. The highest BCUT2D eigenvalue weighted by molar-refractivity contribution is 8.01. The third-order valence-corrected chi connectivity index (χ3v) is 6.54. The second-order valence-electron chi connectivity index (χ2n) is 6.35. The molecular formula is C18H22ClN5O2S2. The normalized spacial score (nSPS) is 14.9. The zero-order valence-electron chi connectivity index (χ0n) is 15.6. The predicted molar refractivity (Wildman–Crippen MR) is 113 cm³/mol. The highest BCUT2D eigenvalue weighted by atomic mass is 35.5. The fourth-order valence-electron chi connectivity index (χ4n) is 2.86. The van der Waals surface area contributed by atoms with E-state index in [1.54, 1.807) is 24.3 Å². The van der Waals surface area contributed by atoms with Gasteiger partial charge in [0, 0.05) is 36.9 Å². The van der Waals surface area contributed by atoms with Crippen molar-refractivity contribution >= 4 is 52.2 Å². The molecule has 0 bridgehead atoms. The lowest BCUT2D eigenvalue weighted by Crippen LogP contribution is -2.49.